The third-order valence-corrected chi connectivity index (χ3v) is 3.94. The van der Waals surface area contributed by atoms with Crippen LogP contribution >= 0.6 is 12.6 Å². The van der Waals surface area contributed by atoms with Gasteiger partial charge in [0, 0.05) is 6.42 Å². The molecular weight excluding hydrogens is 324 g/mol. The number of ether oxygens (including phenoxy) is 1. The van der Waals surface area contributed by atoms with Gasteiger partial charge in [-0.2, -0.15) is 12.6 Å². The Hall–Kier alpha value is -0.260. The van der Waals surface area contributed by atoms with E-state index in [2.05, 4.69) is 19.6 Å². The summed E-state index contributed by atoms with van der Waals surface area (Å²) in [5.41, 5.74) is -0.898. The van der Waals surface area contributed by atoms with Gasteiger partial charge in [0.25, 0.3) is 0 Å². The molecule has 0 aliphatic carbocycles. The van der Waals surface area contributed by atoms with Gasteiger partial charge in [-0.3, -0.25) is 4.79 Å². The van der Waals surface area contributed by atoms with Crippen LogP contribution in [0, 0.1) is 0 Å². The van der Waals surface area contributed by atoms with Crippen molar-refractivity contribution in [3.63, 3.8) is 0 Å². The summed E-state index contributed by atoms with van der Waals surface area (Å²) in [6, 6.07) is 0. The monoisotopic (exact) mass is 362 g/mol. The predicted molar refractivity (Wildman–Crippen MR) is 102 cm³/mol. The molecule has 0 heterocycles. The lowest BCUT2D eigenvalue weighted by atomic mass is 10.0. The molecule has 0 saturated carbocycles. The molecule has 0 spiro atoms. The van der Waals surface area contributed by atoms with E-state index in [1.165, 1.54) is 19.3 Å². The summed E-state index contributed by atoms with van der Waals surface area (Å²) in [6.45, 7) is 13.7. The van der Waals surface area contributed by atoms with E-state index in [0.717, 1.165) is 19.3 Å². The minimum Gasteiger partial charge on any atom is -0.462 e. The van der Waals surface area contributed by atoms with E-state index in [1.54, 1.807) is 0 Å². The number of esters is 1. The molecule has 0 radical (unpaired) electrons. The van der Waals surface area contributed by atoms with Crippen LogP contribution in [-0.4, -0.2) is 28.5 Å². The highest BCUT2D eigenvalue weighted by molar-refractivity contribution is 7.81. The molecule has 144 valence electrons. The van der Waals surface area contributed by atoms with Gasteiger partial charge in [-0.1, -0.05) is 39.0 Å². The molecule has 0 rings (SSSR count). The number of hydrogen-bond donors (Lipinski definition) is 1. The number of rotatable bonds is 12. The van der Waals surface area contributed by atoms with E-state index >= 15 is 0 Å². The fourth-order valence-electron chi connectivity index (χ4n) is 2.34. The second-order valence-corrected chi connectivity index (χ2v) is 8.83. The average Bonchev–Trinajstić information content (AvgIpc) is 2.43. The Bertz CT molecular complexity index is 350. The lowest BCUT2D eigenvalue weighted by molar-refractivity contribution is -0.399. The molecule has 0 saturated heterocycles. The first-order valence-corrected chi connectivity index (χ1v) is 9.74. The first-order valence-electron chi connectivity index (χ1n) is 9.22. The topological polar surface area (TPSA) is 44.8 Å². The predicted octanol–water partition coefficient (Wildman–Crippen LogP) is 5.49. The molecule has 0 fully saturated rings. The molecule has 0 amide bonds. The van der Waals surface area contributed by atoms with Crippen molar-refractivity contribution in [2.24, 2.45) is 0 Å². The Morgan fingerprint density at radius 2 is 1.58 bits per heavy atom. The number of unbranched alkanes of at least 4 members (excludes halogenated alkanes) is 4. The summed E-state index contributed by atoms with van der Waals surface area (Å²) >= 11 is 4.38. The van der Waals surface area contributed by atoms with Crippen molar-refractivity contribution in [3.05, 3.63) is 0 Å². The quantitative estimate of drug-likeness (QED) is 0.164. The highest BCUT2D eigenvalue weighted by Gasteiger charge is 2.28. The summed E-state index contributed by atoms with van der Waals surface area (Å²) in [7, 11) is 0. The van der Waals surface area contributed by atoms with Gasteiger partial charge in [0.15, 0.2) is 0 Å². The van der Waals surface area contributed by atoms with Crippen molar-refractivity contribution in [1.82, 2.24) is 0 Å². The van der Waals surface area contributed by atoms with Crippen LogP contribution in [0.4, 0.5) is 0 Å². The maximum atomic E-state index is 12.1. The van der Waals surface area contributed by atoms with E-state index < -0.39 is 5.60 Å². The van der Waals surface area contributed by atoms with Crippen LogP contribution in [0.15, 0.2) is 0 Å². The zero-order valence-electron chi connectivity index (χ0n) is 16.7. The van der Waals surface area contributed by atoms with E-state index in [4.69, 9.17) is 14.5 Å². The fourth-order valence-corrected chi connectivity index (χ4v) is 2.59. The maximum Gasteiger partial charge on any atom is 0.319 e. The summed E-state index contributed by atoms with van der Waals surface area (Å²) in [4.78, 5) is 23.0. The Morgan fingerprint density at radius 1 is 1.00 bits per heavy atom. The van der Waals surface area contributed by atoms with Gasteiger partial charge >= 0.3 is 5.97 Å². The molecule has 0 bridgehead atoms. The van der Waals surface area contributed by atoms with Crippen molar-refractivity contribution >= 4 is 18.6 Å². The fraction of sp³-hybridized carbons (Fsp3) is 0.947. The number of thiol groups is 1. The molecule has 0 aromatic heterocycles. The Kier molecular flexibility index (Phi) is 11.3. The molecule has 0 aliphatic rings. The Morgan fingerprint density at radius 3 is 2.12 bits per heavy atom. The van der Waals surface area contributed by atoms with E-state index in [1.807, 2.05) is 41.5 Å². The summed E-state index contributed by atoms with van der Waals surface area (Å²) in [6.07, 6.45) is 6.96. The van der Waals surface area contributed by atoms with Crippen molar-refractivity contribution in [2.75, 3.05) is 0 Å². The minimum atomic E-state index is -0.529. The highest BCUT2D eigenvalue weighted by atomic mass is 32.1. The van der Waals surface area contributed by atoms with Crippen molar-refractivity contribution in [2.45, 2.75) is 116 Å². The van der Waals surface area contributed by atoms with Gasteiger partial charge in [-0.25, -0.2) is 9.78 Å². The standard InChI is InChI=1S/C19H38O4S/c1-8-9-10-11-12-13-16(24)17(20)21-15(2)14-19(6,7)23-22-18(3,4)5/h15-16,24H,8-14H2,1-7H3. The second kappa shape index (κ2) is 11.4. The SMILES string of the molecule is CCCCCCCC(S)C(=O)OC(C)CC(C)(C)OOC(C)(C)C. The molecule has 24 heavy (non-hydrogen) atoms. The zero-order valence-corrected chi connectivity index (χ0v) is 17.6. The normalized spacial score (nSPS) is 15.2. The van der Waals surface area contributed by atoms with Crippen LogP contribution in [0.2, 0.25) is 0 Å². The molecular formula is C19H38O4S. The van der Waals surface area contributed by atoms with Crippen molar-refractivity contribution in [3.8, 4) is 0 Å². The maximum absolute atomic E-state index is 12.1. The lowest BCUT2D eigenvalue weighted by Crippen LogP contribution is -2.35. The highest BCUT2D eigenvalue weighted by Crippen LogP contribution is 2.23. The van der Waals surface area contributed by atoms with E-state index in [9.17, 15) is 4.79 Å². The molecule has 4 nitrogen and oxygen atoms in total. The van der Waals surface area contributed by atoms with Crippen molar-refractivity contribution < 1.29 is 19.3 Å². The van der Waals surface area contributed by atoms with Crippen LogP contribution in [0.25, 0.3) is 0 Å². The second-order valence-electron chi connectivity index (χ2n) is 8.21. The minimum absolute atomic E-state index is 0.242. The third-order valence-electron chi connectivity index (χ3n) is 3.47. The largest absolute Gasteiger partial charge is 0.462 e. The summed E-state index contributed by atoms with van der Waals surface area (Å²) < 4.78 is 5.51. The molecule has 0 aromatic carbocycles. The average molecular weight is 363 g/mol. The van der Waals surface area contributed by atoms with Gasteiger partial charge in [-0.05, 0) is 48.0 Å². The first-order chi connectivity index (χ1) is 11.0. The summed E-state index contributed by atoms with van der Waals surface area (Å²) in [5.74, 6) is -0.242. The molecule has 5 heteroatoms. The molecule has 0 N–H and O–H groups in total. The Labute approximate surface area is 154 Å². The van der Waals surface area contributed by atoms with Gasteiger partial charge in [0.2, 0.25) is 0 Å². The number of hydrogen-bond acceptors (Lipinski definition) is 5. The smallest absolute Gasteiger partial charge is 0.319 e. The van der Waals surface area contributed by atoms with Crippen LogP contribution in [-0.2, 0) is 19.3 Å². The van der Waals surface area contributed by atoms with E-state index in [-0.39, 0.29) is 22.9 Å². The third kappa shape index (κ3) is 13.1. The van der Waals surface area contributed by atoms with Crippen LogP contribution in [0.5, 0.6) is 0 Å². The zero-order chi connectivity index (χ0) is 18.8. The summed E-state index contributed by atoms with van der Waals surface area (Å²) in [5, 5.41) is -0.344. The van der Waals surface area contributed by atoms with Gasteiger partial charge in [-0.15, -0.1) is 0 Å². The number of carbonyl (C=O) groups excluding carboxylic acids is 1. The van der Waals surface area contributed by atoms with Gasteiger partial charge in [0.05, 0.1) is 10.9 Å². The van der Waals surface area contributed by atoms with Crippen LogP contribution in [0.3, 0.4) is 0 Å². The lowest BCUT2D eigenvalue weighted by Gasteiger charge is -2.30. The molecule has 0 aliphatic heterocycles. The van der Waals surface area contributed by atoms with Gasteiger partial charge in [0.1, 0.15) is 11.7 Å². The Balaban J connectivity index is 4.10. The van der Waals surface area contributed by atoms with Crippen LogP contribution in [0.1, 0.15) is 93.4 Å². The molecule has 0 aromatic rings. The van der Waals surface area contributed by atoms with Crippen LogP contribution < -0.4 is 0 Å². The molecule has 2 atom stereocenters. The van der Waals surface area contributed by atoms with E-state index in [0.29, 0.717) is 6.42 Å². The van der Waals surface area contributed by atoms with Gasteiger partial charge < -0.3 is 4.74 Å². The number of carbonyl (C=O) groups is 1. The van der Waals surface area contributed by atoms with Crippen molar-refractivity contribution in [1.29, 1.82) is 0 Å². The first kappa shape index (κ1) is 23.7. The molecule has 2 unspecified atom stereocenters.